The number of methoxy groups -OCH3 is 1. The van der Waals surface area contributed by atoms with Crippen LogP contribution in [0.4, 0.5) is 17.3 Å². The van der Waals surface area contributed by atoms with Gasteiger partial charge in [0.05, 0.1) is 18.4 Å². The second kappa shape index (κ2) is 7.48. The van der Waals surface area contributed by atoms with Crippen molar-refractivity contribution in [3.63, 3.8) is 0 Å². The first-order valence-corrected chi connectivity index (χ1v) is 8.84. The second-order valence-corrected chi connectivity index (χ2v) is 6.26. The quantitative estimate of drug-likeness (QED) is 0.706. The molecular formula is C21H18N4O3. The number of anilines is 3. The van der Waals surface area contributed by atoms with Gasteiger partial charge in [-0.1, -0.05) is 30.3 Å². The molecule has 1 aromatic heterocycles. The number of rotatable bonds is 4. The third-order valence-electron chi connectivity index (χ3n) is 4.58. The Hall–Kier alpha value is -3.74. The summed E-state index contributed by atoms with van der Waals surface area (Å²) in [6.07, 6.45) is 2.47. The molecular weight excluding hydrogens is 356 g/mol. The van der Waals surface area contributed by atoms with Gasteiger partial charge in [-0.2, -0.15) is 0 Å². The molecule has 0 radical (unpaired) electrons. The maximum absolute atomic E-state index is 12.7. The molecule has 7 nitrogen and oxygen atoms in total. The van der Waals surface area contributed by atoms with E-state index >= 15 is 0 Å². The molecule has 0 spiro atoms. The molecule has 1 amide bonds. The number of benzene rings is 2. The zero-order chi connectivity index (χ0) is 19.5. The van der Waals surface area contributed by atoms with Crippen LogP contribution in [-0.4, -0.2) is 35.5 Å². The van der Waals surface area contributed by atoms with Crippen molar-refractivity contribution < 1.29 is 14.3 Å². The van der Waals surface area contributed by atoms with E-state index in [4.69, 9.17) is 4.74 Å². The van der Waals surface area contributed by atoms with E-state index < -0.39 is 11.9 Å². The lowest BCUT2D eigenvalue weighted by molar-refractivity contribution is 0.0602. The van der Waals surface area contributed by atoms with E-state index in [1.807, 2.05) is 23.1 Å². The lowest BCUT2D eigenvalue weighted by atomic mass is 10.1. The molecule has 2 heterocycles. The first kappa shape index (κ1) is 17.7. The Morgan fingerprint density at radius 1 is 1.07 bits per heavy atom. The number of amides is 1. The van der Waals surface area contributed by atoms with Crippen LogP contribution >= 0.6 is 0 Å². The van der Waals surface area contributed by atoms with Gasteiger partial charge in [0.25, 0.3) is 5.91 Å². The number of hydrogen-bond acceptors (Lipinski definition) is 6. The van der Waals surface area contributed by atoms with Crippen LogP contribution in [0.3, 0.4) is 0 Å². The summed E-state index contributed by atoms with van der Waals surface area (Å²) in [5, 5.41) is 2.73. The van der Waals surface area contributed by atoms with Gasteiger partial charge in [-0.05, 0) is 36.2 Å². The molecule has 0 saturated heterocycles. The largest absolute Gasteiger partial charge is 0.465 e. The normalized spacial score (nSPS) is 12.4. The van der Waals surface area contributed by atoms with E-state index in [2.05, 4.69) is 21.4 Å². The van der Waals surface area contributed by atoms with Gasteiger partial charge >= 0.3 is 5.97 Å². The molecule has 140 valence electrons. The van der Waals surface area contributed by atoms with Crippen LogP contribution in [0.25, 0.3) is 0 Å². The number of para-hydroxylation sites is 2. The first-order valence-electron chi connectivity index (χ1n) is 8.84. The van der Waals surface area contributed by atoms with Crippen LogP contribution in [0, 0.1) is 0 Å². The Balaban J connectivity index is 1.59. The molecule has 0 unspecified atom stereocenters. The summed E-state index contributed by atoms with van der Waals surface area (Å²) < 4.78 is 4.76. The minimum absolute atomic E-state index is 0.217. The number of nitrogens with zero attached hydrogens (tertiary/aromatic N) is 3. The number of fused-ring (bicyclic) bond motifs is 1. The Morgan fingerprint density at radius 2 is 1.86 bits per heavy atom. The van der Waals surface area contributed by atoms with Crippen molar-refractivity contribution in [2.75, 3.05) is 23.9 Å². The molecule has 1 aliphatic heterocycles. The van der Waals surface area contributed by atoms with Crippen molar-refractivity contribution in [3.8, 4) is 0 Å². The standard InChI is InChI=1S/C21H18N4O3/c1-28-20(27)15-7-3-4-8-16(15)23-19(26)17-10-12-22-21(24-17)25-13-11-14-6-2-5-9-18(14)25/h2-10,12H,11,13H2,1H3,(H,23,26). The highest BCUT2D eigenvalue weighted by atomic mass is 16.5. The molecule has 0 saturated carbocycles. The summed E-state index contributed by atoms with van der Waals surface area (Å²) in [6.45, 7) is 0.760. The van der Waals surface area contributed by atoms with Crippen molar-refractivity contribution in [2.24, 2.45) is 0 Å². The monoisotopic (exact) mass is 374 g/mol. The molecule has 0 aliphatic carbocycles. The number of ether oxygens (including phenoxy) is 1. The molecule has 0 fully saturated rings. The highest BCUT2D eigenvalue weighted by molar-refractivity contribution is 6.07. The van der Waals surface area contributed by atoms with Crippen molar-refractivity contribution in [2.45, 2.75) is 6.42 Å². The van der Waals surface area contributed by atoms with Gasteiger partial charge in [0.2, 0.25) is 5.95 Å². The molecule has 1 aliphatic rings. The Bertz CT molecular complexity index is 1050. The molecule has 0 atom stereocenters. The number of carbonyl (C=O) groups is 2. The van der Waals surface area contributed by atoms with E-state index in [-0.39, 0.29) is 11.3 Å². The molecule has 0 bridgehead atoms. The summed E-state index contributed by atoms with van der Waals surface area (Å²) in [5.74, 6) is -0.473. The number of carbonyl (C=O) groups excluding carboxylic acids is 2. The summed E-state index contributed by atoms with van der Waals surface area (Å²) >= 11 is 0. The van der Waals surface area contributed by atoms with Gasteiger partial charge in [0.15, 0.2) is 0 Å². The highest BCUT2D eigenvalue weighted by Crippen LogP contribution is 2.32. The van der Waals surface area contributed by atoms with Crippen molar-refractivity contribution in [1.82, 2.24) is 9.97 Å². The van der Waals surface area contributed by atoms with Gasteiger partial charge in [0.1, 0.15) is 5.69 Å². The average Bonchev–Trinajstić information content (AvgIpc) is 3.18. The van der Waals surface area contributed by atoms with E-state index in [0.717, 1.165) is 18.7 Å². The van der Waals surface area contributed by atoms with Gasteiger partial charge < -0.3 is 15.0 Å². The SMILES string of the molecule is COC(=O)c1ccccc1NC(=O)c1ccnc(N2CCc3ccccc32)n1. The fourth-order valence-corrected chi connectivity index (χ4v) is 3.22. The fourth-order valence-electron chi connectivity index (χ4n) is 3.22. The summed E-state index contributed by atoms with van der Waals surface area (Å²) in [7, 11) is 1.30. The van der Waals surface area contributed by atoms with Crippen LogP contribution in [0.5, 0.6) is 0 Å². The lowest BCUT2D eigenvalue weighted by Crippen LogP contribution is -2.20. The van der Waals surface area contributed by atoms with Gasteiger partial charge in [-0.3, -0.25) is 4.79 Å². The minimum Gasteiger partial charge on any atom is -0.465 e. The van der Waals surface area contributed by atoms with Gasteiger partial charge in [-0.15, -0.1) is 0 Å². The Morgan fingerprint density at radius 3 is 2.71 bits per heavy atom. The summed E-state index contributed by atoms with van der Waals surface area (Å²) in [4.78, 5) is 35.4. The Labute approximate surface area is 162 Å². The number of aromatic nitrogens is 2. The van der Waals surface area contributed by atoms with Gasteiger partial charge in [0, 0.05) is 18.4 Å². The third-order valence-corrected chi connectivity index (χ3v) is 4.58. The van der Waals surface area contributed by atoms with Crippen LogP contribution in [-0.2, 0) is 11.2 Å². The topological polar surface area (TPSA) is 84.4 Å². The van der Waals surface area contributed by atoms with Crippen molar-refractivity contribution >= 4 is 29.2 Å². The van der Waals surface area contributed by atoms with Gasteiger partial charge in [-0.25, -0.2) is 14.8 Å². The summed E-state index contributed by atoms with van der Waals surface area (Å²) in [6, 6.07) is 16.3. The fraction of sp³-hybridized carbons (Fsp3) is 0.143. The number of esters is 1. The number of nitrogens with one attached hydrogen (secondary N) is 1. The van der Waals surface area contributed by atoms with E-state index in [1.165, 1.54) is 12.7 Å². The van der Waals surface area contributed by atoms with E-state index in [9.17, 15) is 9.59 Å². The zero-order valence-corrected chi connectivity index (χ0v) is 15.3. The molecule has 7 heteroatoms. The zero-order valence-electron chi connectivity index (χ0n) is 15.3. The summed E-state index contributed by atoms with van der Waals surface area (Å²) in [5.41, 5.74) is 3.14. The maximum Gasteiger partial charge on any atom is 0.339 e. The number of hydrogen-bond donors (Lipinski definition) is 1. The predicted molar refractivity (Wildman–Crippen MR) is 105 cm³/mol. The molecule has 3 aromatic rings. The molecule has 1 N–H and O–H groups in total. The lowest BCUT2D eigenvalue weighted by Gasteiger charge is -2.17. The maximum atomic E-state index is 12.7. The smallest absolute Gasteiger partial charge is 0.339 e. The van der Waals surface area contributed by atoms with E-state index in [1.54, 1.807) is 36.5 Å². The average molecular weight is 374 g/mol. The van der Waals surface area contributed by atoms with Crippen LogP contribution in [0.1, 0.15) is 26.4 Å². The molecule has 28 heavy (non-hydrogen) atoms. The Kier molecular flexibility index (Phi) is 4.72. The minimum atomic E-state index is -0.520. The highest BCUT2D eigenvalue weighted by Gasteiger charge is 2.23. The van der Waals surface area contributed by atoms with Crippen molar-refractivity contribution in [3.05, 3.63) is 77.6 Å². The van der Waals surface area contributed by atoms with Crippen LogP contribution in [0.15, 0.2) is 60.8 Å². The second-order valence-electron chi connectivity index (χ2n) is 6.26. The van der Waals surface area contributed by atoms with Crippen molar-refractivity contribution in [1.29, 1.82) is 0 Å². The molecule has 4 rings (SSSR count). The third kappa shape index (κ3) is 3.29. The molecule has 2 aromatic carbocycles. The van der Waals surface area contributed by atoms with E-state index in [0.29, 0.717) is 11.6 Å². The predicted octanol–water partition coefficient (Wildman–Crippen LogP) is 3.21. The van der Waals surface area contributed by atoms with Crippen LogP contribution in [0.2, 0.25) is 0 Å². The first-order chi connectivity index (χ1) is 13.7. The van der Waals surface area contributed by atoms with Crippen LogP contribution < -0.4 is 10.2 Å².